The molecule has 0 spiro atoms. The van der Waals surface area contributed by atoms with Crippen molar-refractivity contribution in [3.05, 3.63) is 42.2 Å². The summed E-state index contributed by atoms with van der Waals surface area (Å²) in [7, 11) is 0. The molecule has 1 aliphatic rings. The van der Waals surface area contributed by atoms with Crippen molar-refractivity contribution in [1.29, 1.82) is 0 Å². The van der Waals surface area contributed by atoms with E-state index in [2.05, 4.69) is 10.2 Å². The first kappa shape index (κ1) is 14.7. The van der Waals surface area contributed by atoms with E-state index >= 15 is 0 Å². The molecule has 0 unspecified atom stereocenters. The van der Waals surface area contributed by atoms with Gasteiger partial charge >= 0.3 is 5.97 Å². The molecule has 0 aliphatic heterocycles. The van der Waals surface area contributed by atoms with E-state index in [9.17, 15) is 9.90 Å². The number of nitrogens with zero attached hydrogens (tertiary/aromatic N) is 3. The number of esters is 1. The van der Waals surface area contributed by atoms with Crippen molar-refractivity contribution in [3.63, 3.8) is 0 Å². The van der Waals surface area contributed by atoms with Crippen molar-refractivity contribution in [1.82, 2.24) is 15.0 Å². The highest BCUT2D eigenvalue weighted by molar-refractivity contribution is 5.79. The van der Waals surface area contributed by atoms with Crippen LogP contribution in [0.1, 0.15) is 37.8 Å². The predicted octanol–water partition coefficient (Wildman–Crippen LogP) is 2.01. The smallest absolute Gasteiger partial charge is 0.338 e. The molecule has 22 heavy (non-hydrogen) atoms. The molecule has 0 amide bonds. The Morgan fingerprint density at radius 3 is 2.68 bits per heavy atom. The molecule has 3 rings (SSSR count). The fraction of sp³-hybridized carbons (Fsp3) is 0.438. The number of rotatable bonds is 4. The summed E-state index contributed by atoms with van der Waals surface area (Å²) in [6.07, 6.45) is 5.28. The first-order valence-corrected chi connectivity index (χ1v) is 7.54. The second-order valence-electron chi connectivity index (χ2n) is 5.63. The van der Waals surface area contributed by atoms with Gasteiger partial charge < -0.3 is 9.84 Å². The fourth-order valence-electron chi connectivity index (χ4n) is 2.66. The number of hydrogen-bond acceptors (Lipinski definition) is 5. The molecule has 1 aromatic carbocycles. The highest BCUT2D eigenvalue weighted by Crippen LogP contribution is 2.29. The summed E-state index contributed by atoms with van der Waals surface area (Å²) >= 11 is 0. The van der Waals surface area contributed by atoms with Gasteiger partial charge in [0, 0.05) is 0 Å². The molecule has 116 valence electrons. The van der Waals surface area contributed by atoms with E-state index in [0.717, 1.165) is 24.9 Å². The Kier molecular flexibility index (Phi) is 4.20. The number of carbonyl (C=O) groups excluding carboxylic acids is 1. The van der Waals surface area contributed by atoms with E-state index in [0.29, 0.717) is 18.5 Å². The van der Waals surface area contributed by atoms with E-state index in [4.69, 9.17) is 4.74 Å². The zero-order chi connectivity index (χ0) is 15.4. The van der Waals surface area contributed by atoms with Crippen LogP contribution in [-0.2, 0) is 16.1 Å². The zero-order valence-electron chi connectivity index (χ0n) is 12.3. The van der Waals surface area contributed by atoms with Gasteiger partial charge in [0.1, 0.15) is 12.3 Å². The maximum atomic E-state index is 12.0. The minimum Gasteiger partial charge on any atom is -0.457 e. The second kappa shape index (κ2) is 6.27. The van der Waals surface area contributed by atoms with Crippen molar-refractivity contribution in [2.45, 2.75) is 44.3 Å². The van der Waals surface area contributed by atoms with Gasteiger partial charge in [-0.15, -0.1) is 5.10 Å². The summed E-state index contributed by atoms with van der Waals surface area (Å²) in [6.45, 7) is 0.0218. The standard InChI is InChI=1S/C16H19N3O3/c20-15(16(21)9-5-2-6-10-16)22-12-13-11-17-19(18-13)14-7-3-1-4-8-14/h1,3-4,7-8,11,21H,2,5-6,9-10,12H2. The summed E-state index contributed by atoms with van der Waals surface area (Å²) in [5.41, 5.74) is 0.0656. The molecule has 1 saturated carbocycles. The third-order valence-corrected chi connectivity index (χ3v) is 3.94. The molecule has 1 heterocycles. The lowest BCUT2D eigenvalue weighted by Gasteiger charge is -2.29. The van der Waals surface area contributed by atoms with Gasteiger partial charge in [0.05, 0.1) is 11.9 Å². The van der Waals surface area contributed by atoms with Crippen LogP contribution in [0.2, 0.25) is 0 Å². The lowest BCUT2D eigenvalue weighted by molar-refractivity contribution is -0.170. The predicted molar refractivity (Wildman–Crippen MR) is 79.2 cm³/mol. The third kappa shape index (κ3) is 3.17. The highest BCUT2D eigenvalue weighted by Gasteiger charge is 2.38. The van der Waals surface area contributed by atoms with Gasteiger partial charge in [0.15, 0.2) is 5.60 Å². The number of para-hydroxylation sites is 1. The maximum Gasteiger partial charge on any atom is 0.338 e. The van der Waals surface area contributed by atoms with Crippen LogP contribution in [0.25, 0.3) is 5.69 Å². The van der Waals surface area contributed by atoms with E-state index in [-0.39, 0.29) is 6.61 Å². The van der Waals surface area contributed by atoms with Crippen LogP contribution in [-0.4, -0.2) is 31.7 Å². The van der Waals surface area contributed by atoms with Crippen molar-refractivity contribution in [3.8, 4) is 5.69 Å². The van der Waals surface area contributed by atoms with Gasteiger partial charge in [0.25, 0.3) is 0 Å². The number of benzene rings is 1. The number of ether oxygens (including phenoxy) is 1. The van der Waals surface area contributed by atoms with Crippen LogP contribution in [0.3, 0.4) is 0 Å². The lowest BCUT2D eigenvalue weighted by atomic mass is 9.85. The normalized spacial score (nSPS) is 17.1. The van der Waals surface area contributed by atoms with Crippen LogP contribution in [0, 0.1) is 0 Å². The fourth-order valence-corrected chi connectivity index (χ4v) is 2.66. The Bertz CT molecular complexity index is 633. The first-order chi connectivity index (χ1) is 10.7. The Hall–Kier alpha value is -2.21. The zero-order valence-corrected chi connectivity index (χ0v) is 12.3. The SMILES string of the molecule is O=C(OCc1cnn(-c2ccccc2)n1)C1(O)CCCCC1. The van der Waals surface area contributed by atoms with Crippen LogP contribution >= 0.6 is 0 Å². The highest BCUT2D eigenvalue weighted by atomic mass is 16.5. The van der Waals surface area contributed by atoms with Crippen LogP contribution in [0.5, 0.6) is 0 Å². The number of aliphatic hydroxyl groups is 1. The van der Waals surface area contributed by atoms with Crippen molar-refractivity contribution in [2.75, 3.05) is 0 Å². The second-order valence-corrected chi connectivity index (χ2v) is 5.63. The quantitative estimate of drug-likeness (QED) is 0.874. The monoisotopic (exact) mass is 301 g/mol. The van der Waals surface area contributed by atoms with Gasteiger partial charge in [0.2, 0.25) is 0 Å². The first-order valence-electron chi connectivity index (χ1n) is 7.54. The summed E-state index contributed by atoms with van der Waals surface area (Å²) in [4.78, 5) is 13.5. The molecule has 0 atom stereocenters. The van der Waals surface area contributed by atoms with Gasteiger partial charge in [-0.2, -0.15) is 9.90 Å². The molecule has 2 aromatic rings. The third-order valence-electron chi connectivity index (χ3n) is 3.94. The summed E-state index contributed by atoms with van der Waals surface area (Å²) < 4.78 is 5.21. The molecule has 1 N–H and O–H groups in total. The van der Waals surface area contributed by atoms with Crippen LogP contribution in [0.4, 0.5) is 0 Å². The van der Waals surface area contributed by atoms with E-state index in [1.807, 2.05) is 30.3 Å². The molecular formula is C16H19N3O3. The Morgan fingerprint density at radius 1 is 1.23 bits per heavy atom. The molecule has 0 bridgehead atoms. The van der Waals surface area contributed by atoms with Crippen molar-refractivity contribution < 1.29 is 14.6 Å². The Balaban J connectivity index is 1.60. The number of aromatic nitrogens is 3. The summed E-state index contributed by atoms with van der Waals surface area (Å²) in [5.74, 6) is -0.554. The lowest BCUT2D eigenvalue weighted by Crippen LogP contribution is -2.41. The average molecular weight is 301 g/mol. The number of carbonyl (C=O) groups is 1. The van der Waals surface area contributed by atoms with Crippen LogP contribution in [0.15, 0.2) is 36.5 Å². The van der Waals surface area contributed by atoms with E-state index in [1.165, 1.54) is 4.80 Å². The van der Waals surface area contributed by atoms with Crippen molar-refractivity contribution in [2.24, 2.45) is 0 Å². The van der Waals surface area contributed by atoms with Crippen molar-refractivity contribution >= 4 is 5.97 Å². The topological polar surface area (TPSA) is 77.2 Å². The van der Waals surface area contributed by atoms with Gasteiger partial charge in [-0.1, -0.05) is 24.6 Å². The maximum absolute atomic E-state index is 12.0. The molecule has 0 saturated heterocycles. The molecule has 6 nitrogen and oxygen atoms in total. The summed E-state index contributed by atoms with van der Waals surface area (Å²) in [5, 5.41) is 18.7. The summed E-state index contributed by atoms with van der Waals surface area (Å²) in [6, 6.07) is 9.50. The largest absolute Gasteiger partial charge is 0.457 e. The minimum atomic E-state index is -1.33. The van der Waals surface area contributed by atoms with Crippen LogP contribution < -0.4 is 0 Å². The molecule has 1 aliphatic carbocycles. The number of hydrogen-bond donors (Lipinski definition) is 1. The van der Waals surface area contributed by atoms with Gasteiger partial charge in [-0.05, 0) is 37.8 Å². The molecular weight excluding hydrogens is 282 g/mol. The minimum absolute atomic E-state index is 0.0218. The van der Waals surface area contributed by atoms with E-state index in [1.54, 1.807) is 6.20 Å². The van der Waals surface area contributed by atoms with E-state index < -0.39 is 11.6 Å². The molecule has 1 aromatic heterocycles. The van der Waals surface area contributed by atoms with Gasteiger partial charge in [-0.3, -0.25) is 0 Å². The molecule has 1 fully saturated rings. The average Bonchev–Trinajstić information content (AvgIpc) is 3.03. The molecule has 0 radical (unpaired) electrons. The van der Waals surface area contributed by atoms with Gasteiger partial charge in [-0.25, -0.2) is 4.79 Å². The molecule has 6 heteroatoms. The Morgan fingerprint density at radius 2 is 1.95 bits per heavy atom. The Labute approximate surface area is 128 Å².